The van der Waals surface area contributed by atoms with Crippen LogP contribution in [0.1, 0.15) is 54.0 Å². The smallest absolute Gasteiger partial charge is 0.341 e. The summed E-state index contributed by atoms with van der Waals surface area (Å²) in [6, 6.07) is 4.94. The molecule has 1 aliphatic rings. The summed E-state index contributed by atoms with van der Waals surface area (Å²) in [5.74, 6) is -2.47. The standard InChI is InChI=1S/C29H36N6O7/c1-16(2)10-22(34-28(39)23-12-19-20(32-23)6-5-7-25(19)41-4)27(38)33-21(11-17-8-9-30-26(17)37)24(36)15-42-29(40)18-13-31-35(3)14-18/h5-7,12-14,16-17,21-22,32H,8-11,15H2,1-4H3,(H,30,37)(H,33,38)(H,34,39)/t17-,21-,22-/m0/s1. The molecule has 3 amide bonds. The van der Waals surface area contributed by atoms with E-state index in [1.807, 2.05) is 19.9 Å². The van der Waals surface area contributed by atoms with Crippen molar-refractivity contribution in [1.29, 1.82) is 0 Å². The number of carbonyl (C=O) groups excluding carboxylic acids is 5. The van der Waals surface area contributed by atoms with Crippen molar-refractivity contribution >= 4 is 40.4 Å². The van der Waals surface area contributed by atoms with Crippen LogP contribution >= 0.6 is 0 Å². The molecule has 42 heavy (non-hydrogen) atoms. The molecule has 1 aromatic carbocycles. The molecule has 13 heteroatoms. The number of hydrogen-bond donors (Lipinski definition) is 4. The minimum atomic E-state index is -1.11. The lowest BCUT2D eigenvalue weighted by atomic mass is 9.95. The van der Waals surface area contributed by atoms with E-state index >= 15 is 0 Å². The number of Topliss-reactive ketones (excluding diaryl/α,β-unsaturated/α-hetero) is 1. The second kappa shape index (κ2) is 13.3. The van der Waals surface area contributed by atoms with Gasteiger partial charge < -0.3 is 30.4 Å². The number of nitrogens with one attached hydrogen (secondary N) is 4. The number of fused-ring (bicyclic) bond motifs is 1. The SMILES string of the molecule is COc1cccc2[nH]c(C(=O)N[C@@H](CC(C)C)C(=O)N[C@@H](C[C@@H]3CCNC3=O)C(=O)COC(=O)c3cnn(C)c3)cc12. The summed E-state index contributed by atoms with van der Waals surface area (Å²) in [6.45, 7) is 3.67. The third-order valence-corrected chi connectivity index (χ3v) is 7.09. The Morgan fingerprint density at radius 3 is 2.60 bits per heavy atom. The summed E-state index contributed by atoms with van der Waals surface area (Å²) in [5, 5.41) is 12.9. The average Bonchev–Trinajstić information content (AvgIpc) is 3.70. The fourth-order valence-electron chi connectivity index (χ4n) is 4.91. The largest absolute Gasteiger partial charge is 0.496 e. The van der Waals surface area contributed by atoms with Gasteiger partial charge >= 0.3 is 5.97 Å². The molecule has 3 atom stereocenters. The van der Waals surface area contributed by atoms with Gasteiger partial charge in [0.25, 0.3) is 5.91 Å². The van der Waals surface area contributed by atoms with Gasteiger partial charge in [-0.3, -0.25) is 23.9 Å². The topological polar surface area (TPSA) is 174 Å². The maximum atomic E-state index is 13.5. The number of esters is 1. The van der Waals surface area contributed by atoms with Gasteiger partial charge in [0.15, 0.2) is 12.4 Å². The first-order chi connectivity index (χ1) is 20.0. The lowest BCUT2D eigenvalue weighted by Gasteiger charge is -2.25. The lowest BCUT2D eigenvalue weighted by molar-refractivity contribution is -0.131. The first kappa shape index (κ1) is 30.3. The minimum Gasteiger partial charge on any atom is -0.496 e. The van der Waals surface area contributed by atoms with Gasteiger partial charge in [0, 0.05) is 36.6 Å². The van der Waals surface area contributed by atoms with Crippen LogP contribution in [0.25, 0.3) is 10.9 Å². The Hall–Kier alpha value is -4.68. The van der Waals surface area contributed by atoms with Crippen LogP contribution in [-0.2, 0) is 26.2 Å². The number of rotatable bonds is 13. The molecule has 3 heterocycles. The van der Waals surface area contributed by atoms with E-state index in [0.29, 0.717) is 30.7 Å². The van der Waals surface area contributed by atoms with Gasteiger partial charge in [-0.15, -0.1) is 0 Å². The van der Waals surface area contributed by atoms with E-state index in [1.54, 1.807) is 25.2 Å². The van der Waals surface area contributed by atoms with Gasteiger partial charge in [-0.2, -0.15) is 5.10 Å². The van der Waals surface area contributed by atoms with Gasteiger partial charge in [0.05, 0.1) is 24.9 Å². The third-order valence-electron chi connectivity index (χ3n) is 7.09. The highest BCUT2D eigenvalue weighted by Gasteiger charge is 2.34. The summed E-state index contributed by atoms with van der Waals surface area (Å²) < 4.78 is 12.0. The van der Waals surface area contributed by atoms with E-state index in [4.69, 9.17) is 9.47 Å². The first-order valence-corrected chi connectivity index (χ1v) is 13.8. The van der Waals surface area contributed by atoms with Crippen LogP contribution in [0.15, 0.2) is 36.7 Å². The molecule has 0 radical (unpaired) electrons. The second-order valence-electron chi connectivity index (χ2n) is 10.8. The second-order valence-corrected chi connectivity index (χ2v) is 10.8. The Morgan fingerprint density at radius 2 is 1.95 bits per heavy atom. The molecule has 0 aliphatic carbocycles. The molecule has 0 unspecified atom stereocenters. The number of carbonyl (C=O) groups is 5. The fourth-order valence-corrected chi connectivity index (χ4v) is 4.91. The number of hydrogen-bond acceptors (Lipinski definition) is 8. The van der Waals surface area contributed by atoms with Gasteiger partial charge in [0.1, 0.15) is 17.5 Å². The zero-order valence-corrected chi connectivity index (χ0v) is 24.1. The number of H-pyrrole nitrogens is 1. The molecule has 4 rings (SSSR count). The molecule has 0 saturated carbocycles. The summed E-state index contributed by atoms with van der Waals surface area (Å²) in [7, 11) is 3.18. The van der Waals surface area contributed by atoms with Crippen molar-refractivity contribution in [2.45, 2.75) is 45.2 Å². The van der Waals surface area contributed by atoms with Crippen molar-refractivity contribution in [1.82, 2.24) is 30.7 Å². The van der Waals surface area contributed by atoms with E-state index < -0.39 is 48.2 Å². The highest BCUT2D eigenvalue weighted by molar-refractivity contribution is 6.02. The molecule has 2 aromatic heterocycles. The highest BCUT2D eigenvalue weighted by Crippen LogP contribution is 2.26. The van der Waals surface area contributed by atoms with Crippen molar-refractivity contribution in [2.24, 2.45) is 18.9 Å². The van der Waals surface area contributed by atoms with Crippen molar-refractivity contribution in [3.8, 4) is 5.75 Å². The molecule has 1 aliphatic heterocycles. The lowest BCUT2D eigenvalue weighted by Crippen LogP contribution is -2.53. The predicted octanol–water partition coefficient (Wildman–Crippen LogP) is 1.49. The summed E-state index contributed by atoms with van der Waals surface area (Å²) >= 11 is 0. The number of benzene rings is 1. The van der Waals surface area contributed by atoms with Gasteiger partial charge in [0.2, 0.25) is 11.8 Å². The molecule has 1 saturated heterocycles. The Kier molecular flexibility index (Phi) is 9.60. The number of aryl methyl sites for hydroxylation is 1. The van der Waals surface area contributed by atoms with E-state index in [-0.39, 0.29) is 29.5 Å². The van der Waals surface area contributed by atoms with Crippen molar-refractivity contribution in [3.63, 3.8) is 0 Å². The molecule has 1 fully saturated rings. The van der Waals surface area contributed by atoms with Crippen LogP contribution in [0, 0.1) is 11.8 Å². The Labute approximate surface area is 242 Å². The molecule has 224 valence electrons. The number of methoxy groups -OCH3 is 1. The number of amides is 3. The van der Waals surface area contributed by atoms with Crippen molar-refractivity contribution in [2.75, 3.05) is 20.3 Å². The van der Waals surface area contributed by atoms with Crippen LogP contribution in [0.3, 0.4) is 0 Å². The molecule has 3 aromatic rings. The zero-order chi connectivity index (χ0) is 30.4. The molecule has 4 N–H and O–H groups in total. The molecule has 0 bridgehead atoms. The molecular formula is C29H36N6O7. The molecule has 13 nitrogen and oxygen atoms in total. The van der Waals surface area contributed by atoms with Crippen LogP contribution < -0.4 is 20.7 Å². The Morgan fingerprint density at radius 1 is 1.17 bits per heavy atom. The number of aromatic amines is 1. The monoisotopic (exact) mass is 580 g/mol. The zero-order valence-electron chi connectivity index (χ0n) is 24.1. The number of ketones is 1. The maximum absolute atomic E-state index is 13.5. The van der Waals surface area contributed by atoms with Gasteiger partial charge in [-0.1, -0.05) is 19.9 Å². The number of nitrogens with zero attached hydrogens (tertiary/aromatic N) is 2. The van der Waals surface area contributed by atoms with Crippen LogP contribution in [0.2, 0.25) is 0 Å². The number of ether oxygens (including phenoxy) is 2. The van der Waals surface area contributed by atoms with Gasteiger partial charge in [-0.25, -0.2) is 4.79 Å². The van der Waals surface area contributed by atoms with Crippen LogP contribution in [-0.4, -0.2) is 76.6 Å². The summed E-state index contributed by atoms with van der Waals surface area (Å²) in [4.78, 5) is 67.6. The third kappa shape index (κ3) is 7.33. The van der Waals surface area contributed by atoms with E-state index in [2.05, 4.69) is 26.0 Å². The average molecular weight is 581 g/mol. The van der Waals surface area contributed by atoms with E-state index in [9.17, 15) is 24.0 Å². The fraction of sp³-hybridized carbons (Fsp3) is 0.448. The van der Waals surface area contributed by atoms with Crippen molar-refractivity contribution < 1.29 is 33.4 Å². The summed E-state index contributed by atoms with van der Waals surface area (Å²) in [6.07, 6.45) is 3.60. The first-order valence-electron chi connectivity index (χ1n) is 13.8. The quantitative estimate of drug-likeness (QED) is 0.220. The van der Waals surface area contributed by atoms with Crippen molar-refractivity contribution in [3.05, 3.63) is 47.9 Å². The Balaban J connectivity index is 1.48. The minimum absolute atomic E-state index is 0.0269. The van der Waals surface area contributed by atoms with Crippen LogP contribution in [0.5, 0.6) is 5.75 Å². The molecule has 0 spiro atoms. The highest BCUT2D eigenvalue weighted by atomic mass is 16.5. The Bertz CT molecular complexity index is 1480. The van der Waals surface area contributed by atoms with Crippen LogP contribution in [0.4, 0.5) is 0 Å². The number of aromatic nitrogens is 3. The van der Waals surface area contributed by atoms with Gasteiger partial charge in [-0.05, 0) is 43.4 Å². The van der Waals surface area contributed by atoms with E-state index in [0.717, 1.165) is 5.39 Å². The maximum Gasteiger partial charge on any atom is 0.341 e. The molecular weight excluding hydrogens is 544 g/mol. The van der Waals surface area contributed by atoms with E-state index in [1.165, 1.54) is 24.2 Å². The normalized spacial score (nSPS) is 16.1. The summed E-state index contributed by atoms with van der Waals surface area (Å²) in [5.41, 5.74) is 1.12. The predicted molar refractivity (Wildman–Crippen MR) is 152 cm³/mol.